The van der Waals surface area contributed by atoms with Gasteiger partial charge in [0.1, 0.15) is 11.9 Å². The Morgan fingerprint density at radius 1 is 1.33 bits per heavy atom. The molecule has 0 bridgehead atoms. The lowest BCUT2D eigenvalue weighted by molar-refractivity contribution is 0.328. The molecule has 0 N–H and O–H groups in total. The minimum Gasteiger partial charge on any atom is -0.355 e. The first-order valence-corrected chi connectivity index (χ1v) is 6.29. The molecule has 1 unspecified atom stereocenters. The Morgan fingerprint density at radius 2 is 1.89 bits per heavy atom. The van der Waals surface area contributed by atoms with E-state index in [1.807, 2.05) is 27.0 Å². The van der Waals surface area contributed by atoms with Crippen LogP contribution in [0.4, 0.5) is 5.82 Å². The summed E-state index contributed by atoms with van der Waals surface area (Å²) in [6.07, 6.45) is 0. The molecule has 1 aromatic heterocycles. The zero-order chi connectivity index (χ0) is 14.1. The van der Waals surface area contributed by atoms with E-state index in [-0.39, 0.29) is 5.41 Å². The Hall–Kier alpha value is -1.56. The fourth-order valence-electron chi connectivity index (χ4n) is 1.97. The number of hydrogen-bond acceptors (Lipinski definition) is 3. The van der Waals surface area contributed by atoms with Gasteiger partial charge in [0.25, 0.3) is 0 Å². The van der Waals surface area contributed by atoms with Crippen LogP contribution in [0, 0.1) is 30.6 Å². The molecule has 98 valence electrons. The molecule has 0 aromatic carbocycles. The summed E-state index contributed by atoms with van der Waals surface area (Å²) < 4.78 is 0. The molecule has 1 aromatic rings. The minimum atomic E-state index is 0.140. The third kappa shape index (κ3) is 2.81. The molecule has 0 aliphatic heterocycles. The van der Waals surface area contributed by atoms with Crippen molar-refractivity contribution in [2.24, 2.45) is 5.41 Å². The number of aryl methyl sites for hydroxylation is 2. The topological polar surface area (TPSA) is 39.9 Å². The van der Waals surface area contributed by atoms with Gasteiger partial charge in [-0.25, -0.2) is 4.98 Å². The first-order chi connectivity index (χ1) is 8.18. The van der Waals surface area contributed by atoms with Crippen LogP contribution in [0.2, 0.25) is 0 Å². The number of nitriles is 1. The van der Waals surface area contributed by atoms with Gasteiger partial charge in [-0.1, -0.05) is 20.8 Å². The molecule has 18 heavy (non-hydrogen) atoms. The molecule has 3 nitrogen and oxygen atoms in total. The Labute approximate surface area is 110 Å². The van der Waals surface area contributed by atoms with Crippen LogP contribution in [0.25, 0.3) is 0 Å². The Kier molecular flexibility index (Phi) is 4.01. The molecule has 0 saturated carbocycles. The fourth-order valence-corrected chi connectivity index (χ4v) is 1.97. The van der Waals surface area contributed by atoms with Crippen molar-refractivity contribution in [2.75, 3.05) is 11.9 Å². The van der Waals surface area contributed by atoms with Crippen molar-refractivity contribution in [1.29, 1.82) is 5.26 Å². The maximum absolute atomic E-state index is 9.31. The molecule has 3 heteroatoms. The van der Waals surface area contributed by atoms with Gasteiger partial charge in [0.2, 0.25) is 0 Å². The quantitative estimate of drug-likeness (QED) is 0.801. The number of nitrogens with zero attached hydrogens (tertiary/aromatic N) is 3. The van der Waals surface area contributed by atoms with Gasteiger partial charge < -0.3 is 4.90 Å². The third-order valence-electron chi connectivity index (χ3n) is 3.61. The van der Waals surface area contributed by atoms with Gasteiger partial charge in [-0.2, -0.15) is 5.26 Å². The summed E-state index contributed by atoms with van der Waals surface area (Å²) in [5, 5.41) is 9.31. The molecule has 0 spiro atoms. The highest BCUT2D eigenvalue weighted by Gasteiger charge is 2.26. The third-order valence-corrected chi connectivity index (χ3v) is 3.61. The molecule has 0 amide bonds. The normalized spacial score (nSPS) is 13.0. The van der Waals surface area contributed by atoms with E-state index in [9.17, 15) is 5.26 Å². The van der Waals surface area contributed by atoms with E-state index in [1.165, 1.54) is 0 Å². The monoisotopic (exact) mass is 245 g/mol. The predicted octanol–water partition coefficient (Wildman–Crippen LogP) is 3.44. The van der Waals surface area contributed by atoms with Crippen LogP contribution in [0.5, 0.6) is 0 Å². The summed E-state index contributed by atoms with van der Waals surface area (Å²) in [5.41, 5.74) is 2.77. The lowest BCUT2D eigenvalue weighted by Gasteiger charge is -2.36. The SMILES string of the molecule is Cc1cc(C)c(C#N)c(N(C)C(C)C(C)(C)C)n1. The Bertz CT molecular complexity index is 478. The average molecular weight is 245 g/mol. The van der Waals surface area contributed by atoms with E-state index in [4.69, 9.17) is 0 Å². The molecular weight excluding hydrogens is 222 g/mol. The second-order valence-electron chi connectivity index (χ2n) is 6.04. The summed E-state index contributed by atoms with van der Waals surface area (Å²) in [7, 11) is 2.01. The van der Waals surface area contributed by atoms with Crippen molar-refractivity contribution in [3.63, 3.8) is 0 Å². The second-order valence-corrected chi connectivity index (χ2v) is 6.04. The highest BCUT2D eigenvalue weighted by atomic mass is 15.2. The molecular formula is C15H23N3. The van der Waals surface area contributed by atoms with Crippen LogP contribution < -0.4 is 4.90 Å². The molecule has 0 radical (unpaired) electrons. The highest BCUT2D eigenvalue weighted by Crippen LogP contribution is 2.29. The standard InChI is InChI=1S/C15H23N3/c1-10-8-11(2)17-14(13(10)9-16)18(7)12(3)15(4,5)6/h8,12H,1-7H3. The molecule has 1 heterocycles. The van der Waals surface area contributed by atoms with Crippen LogP contribution >= 0.6 is 0 Å². The number of aromatic nitrogens is 1. The smallest absolute Gasteiger partial charge is 0.147 e. The summed E-state index contributed by atoms with van der Waals surface area (Å²) in [6, 6.07) is 4.53. The van der Waals surface area contributed by atoms with Crippen molar-refractivity contribution < 1.29 is 0 Å². The molecule has 0 fully saturated rings. The number of anilines is 1. The van der Waals surface area contributed by atoms with Gasteiger partial charge in [-0.15, -0.1) is 0 Å². The van der Waals surface area contributed by atoms with Crippen LogP contribution in [0.15, 0.2) is 6.07 Å². The largest absolute Gasteiger partial charge is 0.355 e. The van der Waals surface area contributed by atoms with E-state index in [0.717, 1.165) is 17.1 Å². The maximum Gasteiger partial charge on any atom is 0.147 e. The number of hydrogen-bond donors (Lipinski definition) is 0. The second kappa shape index (κ2) is 4.97. The van der Waals surface area contributed by atoms with Crippen molar-refractivity contribution in [3.05, 3.63) is 22.9 Å². The first kappa shape index (κ1) is 14.5. The van der Waals surface area contributed by atoms with E-state index in [0.29, 0.717) is 11.6 Å². The van der Waals surface area contributed by atoms with Crippen molar-refractivity contribution in [2.45, 2.75) is 47.6 Å². The maximum atomic E-state index is 9.31. The fraction of sp³-hybridized carbons (Fsp3) is 0.600. The van der Waals surface area contributed by atoms with E-state index >= 15 is 0 Å². The lowest BCUT2D eigenvalue weighted by atomic mass is 9.87. The highest BCUT2D eigenvalue weighted by molar-refractivity contribution is 5.58. The number of rotatable bonds is 2. The molecule has 0 aliphatic carbocycles. The van der Waals surface area contributed by atoms with Crippen LogP contribution in [-0.2, 0) is 0 Å². The van der Waals surface area contributed by atoms with E-state index in [1.54, 1.807) is 0 Å². The van der Waals surface area contributed by atoms with Gasteiger partial charge in [0, 0.05) is 18.8 Å². The lowest BCUT2D eigenvalue weighted by Crippen LogP contribution is -2.40. The summed E-state index contributed by atoms with van der Waals surface area (Å²) in [5.74, 6) is 0.789. The summed E-state index contributed by atoms with van der Waals surface area (Å²) in [6.45, 7) is 12.7. The zero-order valence-corrected chi connectivity index (χ0v) is 12.5. The van der Waals surface area contributed by atoms with Gasteiger partial charge >= 0.3 is 0 Å². The van der Waals surface area contributed by atoms with E-state index in [2.05, 4.69) is 43.6 Å². The van der Waals surface area contributed by atoms with Crippen LogP contribution in [0.1, 0.15) is 44.5 Å². The summed E-state index contributed by atoms with van der Waals surface area (Å²) >= 11 is 0. The van der Waals surface area contributed by atoms with E-state index < -0.39 is 0 Å². The van der Waals surface area contributed by atoms with Crippen LogP contribution in [-0.4, -0.2) is 18.1 Å². The molecule has 0 aliphatic rings. The van der Waals surface area contributed by atoms with Crippen molar-refractivity contribution in [1.82, 2.24) is 4.98 Å². The zero-order valence-electron chi connectivity index (χ0n) is 12.5. The first-order valence-electron chi connectivity index (χ1n) is 6.29. The molecule has 0 saturated heterocycles. The average Bonchev–Trinajstić information content (AvgIpc) is 2.24. The van der Waals surface area contributed by atoms with Crippen molar-refractivity contribution >= 4 is 5.82 Å². The predicted molar refractivity (Wildman–Crippen MR) is 75.7 cm³/mol. The van der Waals surface area contributed by atoms with Crippen molar-refractivity contribution in [3.8, 4) is 6.07 Å². The van der Waals surface area contributed by atoms with Gasteiger partial charge in [0.05, 0.1) is 5.56 Å². The molecule has 1 rings (SSSR count). The van der Waals surface area contributed by atoms with Gasteiger partial charge in [0.15, 0.2) is 0 Å². The summed E-state index contributed by atoms with van der Waals surface area (Å²) in [4.78, 5) is 6.65. The Balaban J connectivity index is 3.29. The minimum absolute atomic E-state index is 0.140. The Morgan fingerprint density at radius 3 is 2.33 bits per heavy atom. The van der Waals surface area contributed by atoms with Crippen LogP contribution in [0.3, 0.4) is 0 Å². The van der Waals surface area contributed by atoms with Gasteiger partial charge in [-0.3, -0.25) is 0 Å². The number of pyridine rings is 1. The van der Waals surface area contributed by atoms with Gasteiger partial charge in [-0.05, 0) is 37.8 Å². The molecule has 1 atom stereocenters.